The third-order valence-corrected chi connectivity index (χ3v) is 4.77. The molecule has 2 aromatic carbocycles. The number of nitrogens with zero attached hydrogens (tertiary/aromatic N) is 1. The lowest BCUT2D eigenvalue weighted by Crippen LogP contribution is -2.28. The third-order valence-electron chi connectivity index (χ3n) is 4.77. The second-order valence-corrected chi connectivity index (χ2v) is 6.88. The van der Waals surface area contributed by atoms with E-state index in [1.165, 1.54) is 5.56 Å². The molecule has 7 heteroatoms. The molecule has 0 aliphatic carbocycles. The number of carbonyl (C=O) groups excluding carboxylic acids is 2. The van der Waals surface area contributed by atoms with Gasteiger partial charge in [-0.1, -0.05) is 29.8 Å². The van der Waals surface area contributed by atoms with Gasteiger partial charge in [-0.15, -0.1) is 0 Å². The molecule has 2 heterocycles. The first-order valence-corrected chi connectivity index (χ1v) is 8.75. The largest absolute Gasteiger partial charge is 0.417 e. The van der Waals surface area contributed by atoms with Crippen molar-refractivity contribution in [2.75, 3.05) is 11.9 Å². The normalized spacial score (nSPS) is 16.9. The molecule has 1 fully saturated rings. The topological polar surface area (TPSA) is 95.4 Å². The van der Waals surface area contributed by atoms with Gasteiger partial charge in [-0.05, 0) is 30.7 Å². The Labute approximate surface area is 155 Å². The van der Waals surface area contributed by atoms with Crippen LogP contribution in [0.2, 0.25) is 0 Å². The molecule has 7 nitrogen and oxygen atoms in total. The van der Waals surface area contributed by atoms with Crippen LogP contribution in [0.3, 0.4) is 0 Å². The molecule has 1 atom stereocenters. The Morgan fingerprint density at radius 2 is 2.00 bits per heavy atom. The van der Waals surface area contributed by atoms with Crippen LogP contribution in [0, 0.1) is 12.8 Å². The minimum atomic E-state index is -0.540. The number of carbonyl (C=O) groups is 2. The van der Waals surface area contributed by atoms with Crippen LogP contribution in [0.15, 0.2) is 51.7 Å². The molecule has 0 bridgehead atoms. The van der Waals surface area contributed by atoms with E-state index >= 15 is 0 Å². The van der Waals surface area contributed by atoms with Crippen LogP contribution in [0.25, 0.3) is 11.1 Å². The Kier molecular flexibility index (Phi) is 4.27. The van der Waals surface area contributed by atoms with Gasteiger partial charge in [-0.25, -0.2) is 4.79 Å². The predicted octanol–water partition coefficient (Wildman–Crippen LogP) is 2.42. The van der Waals surface area contributed by atoms with Gasteiger partial charge in [0.05, 0.1) is 11.4 Å². The highest BCUT2D eigenvalue weighted by Gasteiger charge is 2.34. The maximum atomic E-state index is 12.6. The number of aryl methyl sites for hydroxylation is 1. The van der Waals surface area contributed by atoms with Crippen LogP contribution in [0.5, 0.6) is 0 Å². The van der Waals surface area contributed by atoms with Crippen molar-refractivity contribution in [3.8, 4) is 0 Å². The Hall–Kier alpha value is -3.35. The summed E-state index contributed by atoms with van der Waals surface area (Å²) in [7, 11) is 0. The van der Waals surface area contributed by atoms with Crippen molar-refractivity contribution in [2.45, 2.75) is 19.9 Å². The lowest BCUT2D eigenvalue weighted by molar-refractivity contribution is -0.128. The van der Waals surface area contributed by atoms with Crippen LogP contribution in [-0.2, 0) is 16.1 Å². The lowest BCUT2D eigenvalue weighted by Gasteiger charge is -2.17. The highest BCUT2D eigenvalue weighted by Crippen LogP contribution is 2.23. The van der Waals surface area contributed by atoms with Crippen molar-refractivity contribution in [1.29, 1.82) is 0 Å². The van der Waals surface area contributed by atoms with E-state index in [-0.39, 0.29) is 18.2 Å². The molecule has 27 heavy (non-hydrogen) atoms. The van der Waals surface area contributed by atoms with E-state index in [1.807, 2.05) is 31.2 Å². The first kappa shape index (κ1) is 17.1. The fraction of sp³-hybridized carbons (Fsp3) is 0.250. The van der Waals surface area contributed by atoms with Crippen molar-refractivity contribution >= 4 is 28.6 Å². The van der Waals surface area contributed by atoms with E-state index in [2.05, 4.69) is 10.3 Å². The van der Waals surface area contributed by atoms with Gasteiger partial charge in [0.15, 0.2) is 5.58 Å². The van der Waals surface area contributed by atoms with Gasteiger partial charge in [-0.3, -0.25) is 14.6 Å². The van der Waals surface area contributed by atoms with Gasteiger partial charge >= 0.3 is 5.76 Å². The summed E-state index contributed by atoms with van der Waals surface area (Å²) in [4.78, 5) is 40.3. The van der Waals surface area contributed by atoms with E-state index < -0.39 is 11.7 Å². The second-order valence-electron chi connectivity index (χ2n) is 6.88. The number of aromatic nitrogens is 1. The van der Waals surface area contributed by atoms with E-state index in [4.69, 9.17) is 4.42 Å². The number of hydrogen-bond donors (Lipinski definition) is 2. The molecule has 1 saturated heterocycles. The van der Waals surface area contributed by atoms with Crippen LogP contribution in [-0.4, -0.2) is 28.2 Å². The van der Waals surface area contributed by atoms with Gasteiger partial charge in [-0.2, -0.15) is 0 Å². The molecule has 3 aromatic rings. The van der Waals surface area contributed by atoms with Crippen LogP contribution < -0.4 is 11.1 Å². The van der Waals surface area contributed by atoms with Gasteiger partial charge < -0.3 is 14.6 Å². The molecule has 2 N–H and O–H groups in total. The molecule has 1 aromatic heterocycles. The molecule has 2 amide bonds. The van der Waals surface area contributed by atoms with Crippen LogP contribution in [0.1, 0.15) is 17.5 Å². The molecule has 0 radical (unpaired) electrons. The summed E-state index contributed by atoms with van der Waals surface area (Å²) in [6, 6.07) is 12.9. The van der Waals surface area contributed by atoms with Crippen LogP contribution >= 0.6 is 0 Å². The van der Waals surface area contributed by atoms with E-state index in [0.717, 1.165) is 5.56 Å². The van der Waals surface area contributed by atoms with Gasteiger partial charge in [0.25, 0.3) is 0 Å². The number of H-pyrrole nitrogens is 1. The van der Waals surface area contributed by atoms with Gasteiger partial charge in [0, 0.05) is 25.2 Å². The maximum absolute atomic E-state index is 12.6. The van der Waals surface area contributed by atoms with Crippen molar-refractivity contribution in [3.63, 3.8) is 0 Å². The Morgan fingerprint density at radius 1 is 1.22 bits per heavy atom. The Morgan fingerprint density at radius 3 is 2.78 bits per heavy atom. The number of fused-ring (bicyclic) bond motifs is 1. The molecule has 4 rings (SSSR count). The third kappa shape index (κ3) is 3.62. The number of nitrogens with one attached hydrogen (secondary N) is 2. The number of oxazole rings is 1. The van der Waals surface area contributed by atoms with Crippen molar-refractivity contribution in [1.82, 2.24) is 9.88 Å². The van der Waals surface area contributed by atoms with E-state index in [0.29, 0.717) is 29.9 Å². The summed E-state index contributed by atoms with van der Waals surface area (Å²) in [6.45, 7) is 2.91. The summed E-state index contributed by atoms with van der Waals surface area (Å²) in [5, 5.41) is 2.82. The minimum Gasteiger partial charge on any atom is -0.408 e. The second kappa shape index (κ2) is 6.75. The summed E-state index contributed by atoms with van der Waals surface area (Å²) in [5.41, 5.74) is 3.71. The standard InChI is InChI=1S/C20H19N3O4/c1-12-2-4-13(5-3-12)10-23-11-14(8-18(23)24)19(25)21-15-6-7-17-16(9-15)22-20(26)27-17/h2-7,9,14H,8,10-11H2,1H3,(H,21,25)(H,22,26). The first-order chi connectivity index (χ1) is 13.0. The maximum Gasteiger partial charge on any atom is 0.417 e. The molecular formula is C20H19N3O4. The molecule has 1 unspecified atom stereocenters. The molecule has 138 valence electrons. The number of benzene rings is 2. The molecular weight excluding hydrogens is 346 g/mol. The molecule has 1 aliphatic heterocycles. The lowest BCUT2D eigenvalue weighted by atomic mass is 10.1. The molecule has 0 spiro atoms. The minimum absolute atomic E-state index is 0.0228. The zero-order valence-corrected chi connectivity index (χ0v) is 14.8. The number of rotatable bonds is 4. The van der Waals surface area contributed by atoms with Crippen molar-refractivity contribution < 1.29 is 14.0 Å². The highest BCUT2D eigenvalue weighted by molar-refractivity contribution is 5.98. The van der Waals surface area contributed by atoms with E-state index in [1.54, 1.807) is 23.1 Å². The Bertz CT molecular complexity index is 1060. The number of likely N-dealkylation sites (tertiary alicyclic amines) is 1. The quantitative estimate of drug-likeness (QED) is 0.742. The summed E-state index contributed by atoms with van der Waals surface area (Å²) < 4.78 is 4.94. The van der Waals surface area contributed by atoms with Crippen LogP contribution in [0.4, 0.5) is 5.69 Å². The average Bonchev–Trinajstić information content (AvgIpc) is 3.18. The predicted molar refractivity (Wildman–Crippen MR) is 100 cm³/mol. The number of amides is 2. The number of anilines is 1. The van der Waals surface area contributed by atoms with E-state index in [9.17, 15) is 14.4 Å². The van der Waals surface area contributed by atoms with Gasteiger partial charge in [0.2, 0.25) is 11.8 Å². The average molecular weight is 365 g/mol. The highest BCUT2D eigenvalue weighted by atomic mass is 16.4. The SMILES string of the molecule is Cc1ccc(CN2CC(C(=O)Nc3ccc4oc(=O)[nH]c4c3)CC2=O)cc1. The van der Waals surface area contributed by atoms with Crippen molar-refractivity contribution in [3.05, 3.63) is 64.1 Å². The van der Waals surface area contributed by atoms with Crippen molar-refractivity contribution in [2.24, 2.45) is 5.92 Å². The molecule has 1 aliphatic rings. The first-order valence-electron chi connectivity index (χ1n) is 8.75. The summed E-state index contributed by atoms with van der Waals surface area (Å²) in [6.07, 6.45) is 0.197. The summed E-state index contributed by atoms with van der Waals surface area (Å²) >= 11 is 0. The monoisotopic (exact) mass is 365 g/mol. The number of aromatic amines is 1. The fourth-order valence-electron chi connectivity index (χ4n) is 3.29. The molecule has 0 saturated carbocycles. The zero-order chi connectivity index (χ0) is 19.0. The van der Waals surface area contributed by atoms with Gasteiger partial charge in [0.1, 0.15) is 0 Å². The zero-order valence-electron chi connectivity index (χ0n) is 14.8. The Balaban J connectivity index is 1.42. The fourth-order valence-corrected chi connectivity index (χ4v) is 3.29. The smallest absolute Gasteiger partial charge is 0.408 e. The number of hydrogen-bond acceptors (Lipinski definition) is 4. The summed E-state index contributed by atoms with van der Waals surface area (Å²) in [5.74, 6) is -1.17.